The minimum absolute atomic E-state index is 0.117. The molecule has 4 heteroatoms. The lowest BCUT2D eigenvalue weighted by Gasteiger charge is -2.03. The summed E-state index contributed by atoms with van der Waals surface area (Å²) >= 11 is 11.7. The molecule has 0 amide bonds. The molecule has 13 heavy (non-hydrogen) atoms. The summed E-state index contributed by atoms with van der Waals surface area (Å²) in [6.07, 6.45) is 1.42. The SMILES string of the molecule is Oc1cccc2c(Cl)ncc(Cl)c12. The van der Waals surface area contributed by atoms with Gasteiger partial charge in [0, 0.05) is 17.0 Å². The Labute approximate surface area is 84.7 Å². The van der Waals surface area contributed by atoms with Crippen LogP contribution in [-0.2, 0) is 0 Å². The topological polar surface area (TPSA) is 33.1 Å². The minimum atomic E-state index is 0.117. The van der Waals surface area contributed by atoms with Crippen LogP contribution >= 0.6 is 23.2 Å². The summed E-state index contributed by atoms with van der Waals surface area (Å²) in [4.78, 5) is 3.87. The molecular weight excluding hydrogens is 209 g/mol. The van der Waals surface area contributed by atoms with E-state index in [4.69, 9.17) is 23.2 Å². The van der Waals surface area contributed by atoms with Gasteiger partial charge in [-0.05, 0) is 6.07 Å². The first-order chi connectivity index (χ1) is 6.20. The molecule has 0 bridgehead atoms. The quantitative estimate of drug-likeness (QED) is 0.682. The molecule has 0 atom stereocenters. The highest BCUT2D eigenvalue weighted by molar-refractivity contribution is 6.39. The molecular formula is C9H5Cl2NO. The number of rotatable bonds is 0. The molecule has 0 spiro atoms. The van der Waals surface area contributed by atoms with E-state index in [0.29, 0.717) is 20.9 Å². The number of pyridine rings is 1. The molecule has 0 unspecified atom stereocenters. The van der Waals surface area contributed by atoms with Gasteiger partial charge in [-0.15, -0.1) is 0 Å². The van der Waals surface area contributed by atoms with Crippen LogP contribution in [0.4, 0.5) is 0 Å². The first kappa shape index (κ1) is 8.60. The highest BCUT2D eigenvalue weighted by Gasteiger charge is 2.07. The summed E-state index contributed by atoms with van der Waals surface area (Å²) in [5, 5.41) is 11.5. The number of hydrogen-bond acceptors (Lipinski definition) is 2. The lowest BCUT2D eigenvalue weighted by Crippen LogP contribution is -1.81. The number of aromatic nitrogens is 1. The molecule has 0 aliphatic rings. The van der Waals surface area contributed by atoms with Crippen LogP contribution in [0.15, 0.2) is 24.4 Å². The predicted octanol–water partition coefficient (Wildman–Crippen LogP) is 3.25. The number of phenols is 1. The third-order valence-corrected chi connectivity index (χ3v) is 2.38. The normalized spacial score (nSPS) is 10.6. The summed E-state index contributed by atoms with van der Waals surface area (Å²) in [6.45, 7) is 0. The van der Waals surface area contributed by atoms with Crippen LogP contribution in [0.1, 0.15) is 0 Å². The Kier molecular flexibility index (Phi) is 2.02. The number of aromatic hydroxyl groups is 1. The highest BCUT2D eigenvalue weighted by Crippen LogP contribution is 2.33. The van der Waals surface area contributed by atoms with Crippen LogP contribution < -0.4 is 0 Å². The summed E-state index contributed by atoms with van der Waals surface area (Å²) in [5.41, 5.74) is 0. The van der Waals surface area contributed by atoms with E-state index in [2.05, 4.69) is 4.98 Å². The van der Waals surface area contributed by atoms with E-state index in [-0.39, 0.29) is 5.75 Å². The third-order valence-electron chi connectivity index (χ3n) is 1.79. The van der Waals surface area contributed by atoms with E-state index in [1.807, 2.05) is 0 Å². The second-order valence-corrected chi connectivity index (χ2v) is 3.36. The van der Waals surface area contributed by atoms with E-state index in [9.17, 15) is 5.11 Å². The number of phenolic OH excluding ortho intramolecular Hbond substituents is 1. The fraction of sp³-hybridized carbons (Fsp3) is 0. The zero-order valence-electron chi connectivity index (χ0n) is 6.46. The van der Waals surface area contributed by atoms with Crippen LogP contribution in [0.3, 0.4) is 0 Å². The van der Waals surface area contributed by atoms with Gasteiger partial charge in [0.1, 0.15) is 10.9 Å². The van der Waals surface area contributed by atoms with Gasteiger partial charge in [-0.2, -0.15) is 0 Å². The molecule has 0 aliphatic carbocycles. The van der Waals surface area contributed by atoms with E-state index >= 15 is 0 Å². The smallest absolute Gasteiger partial charge is 0.137 e. The monoisotopic (exact) mass is 213 g/mol. The Balaban J connectivity index is 3.00. The number of halogens is 2. The fourth-order valence-electron chi connectivity index (χ4n) is 1.21. The van der Waals surface area contributed by atoms with Gasteiger partial charge < -0.3 is 5.11 Å². The molecule has 1 N–H and O–H groups in total. The molecule has 1 aromatic heterocycles. The van der Waals surface area contributed by atoms with Crippen LogP contribution in [0.2, 0.25) is 10.2 Å². The Morgan fingerprint density at radius 1 is 1.23 bits per heavy atom. The molecule has 1 aromatic carbocycles. The number of hydrogen-bond donors (Lipinski definition) is 1. The van der Waals surface area contributed by atoms with Crippen LogP contribution in [0.5, 0.6) is 5.75 Å². The van der Waals surface area contributed by atoms with Crippen molar-refractivity contribution in [3.8, 4) is 5.75 Å². The number of nitrogens with zero attached hydrogens (tertiary/aromatic N) is 1. The summed E-state index contributed by atoms with van der Waals surface area (Å²) in [5.74, 6) is 0.117. The molecule has 0 saturated carbocycles. The Morgan fingerprint density at radius 2 is 2.00 bits per heavy atom. The van der Waals surface area contributed by atoms with E-state index in [1.54, 1.807) is 18.2 Å². The van der Waals surface area contributed by atoms with Crippen molar-refractivity contribution in [2.45, 2.75) is 0 Å². The van der Waals surface area contributed by atoms with Gasteiger partial charge in [-0.1, -0.05) is 35.3 Å². The molecule has 0 radical (unpaired) electrons. The van der Waals surface area contributed by atoms with Crippen molar-refractivity contribution in [1.82, 2.24) is 4.98 Å². The summed E-state index contributed by atoms with van der Waals surface area (Å²) < 4.78 is 0. The number of fused-ring (bicyclic) bond motifs is 1. The van der Waals surface area contributed by atoms with Crippen molar-refractivity contribution in [2.24, 2.45) is 0 Å². The average Bonchev–Trinajstić information content (AvgIpc) is 2.12. The minimum Gasteiger partial charge on any atom is -0.507 e. The van der Waals surface area contributed by atoms with Gasteiger partial charge in [0.25, 0.3) is 0 Å². The van der Waals surface area contributed by atoms with E-state index < -0.39 is 0 Å². The maximum atomic E-state index is 9.51. The van der Waals surface area contributed by atoms with Crippen molar-refractivity contribution >= 4 is 34.0 Å². The van der Waals surface area contributed by atoms with Crippen LogP contribution in [0, 0.1) is 0 Å². The third kappa shape index (κ3) is 1.32. The lowest BCUT2D eigenvalue weighted by atomic mass is 10.1. The maximum Gasteiger partial charge on any atom is 0.137 e. The van der Waals surface area contributed by atoms with Crippen LogP contribution in [0.25, 0.3) is 10.8 Å². The first-order valence-corrected chi connectivity index (χ1v) is 4.37. The summed E-state index contributed by atoms with van der Waals surface area (Å²) in [6, 6.07) is 5.02. The Bertz CT molecular complexity index is 462. The fourth-order valence-corrected chi connectivity index (χ4v) is 1.66. The van der Waals surface area contributed by atoms with Crippen molar-refractivity contribution in [2.75, 3.05) is 0 Å². The van der Waals surface area contributed by atoms with Crippen LogP contribution in [-0.4, -0.2) is 10.1 Å². The summed E-state index contributed by atoms with van der Waals surface area (Å²) in [7, 11) is 0. The van der Waals surface area contributed by atoms with E-state index in [1.165, 1.54) is 6.20 Å². The molecule has 1 heterocycles. The van der Waals surface area contributed by atoms with Crippen molar-refractivity contribution in [3.05, 3.63) is 34.6 Å². The molecule has 0 fully saturated rings. The molecule has 2 rings (SSSR count). The van der Waals surface area contributed by atoms with Gasteiger partial charge in [-0.25, -0.2) is 4.98 Å². The predicted molar refractivity (Wildman–Crippen MR) is 53.4 cm³/mol. The van der Waals surface area contributed by atoms with Crippen molar-refractivity contribution in [1.29, 1.82) is 0 Å². The maximum absolute atomic E-state index is 9.51. The molecule has 0 saturated heterocycles. The standard InChI is InChI=1S/C9H5Cl2NO/c10-6-4-12-9(11)5-2-1-3-7(13)8(5)6/h1-4,13H. The number of benzene rings is 1. The van der Waals surface area contributed by atoms with Gasteiger partial charge in [0.2, 0.25) is 0 Å². The highest BCUT2D eigenvalue weighted by atomic mass is 35.5. The molecule has 2 aromatic rings. The van der Waals surface area contributed by atoms with Gasteiger partial charge in [0.15, 0.2) is 0 Å². The van der Waals surface area contributed by atoms with E-state index in [0.717, 1.165) is 0 Å². The second-order valence-electron chi connectivity index (χ2n) is 2.60. The average molecular weight is 214 g/mol. The van der Waals surface area contributed by atoms with Gasteiger partial charge in [0.05, 0.1) is 5.02 Å². The van der Waals surface area contributed by atoms with Gasteiger partial charge >= 0.3 is 0 Å². The van der Waals surface area contributed by atoms with Gasteiger partial charge in [-0.3, -0.25) is 0 Å². The zero-order valence-corrected chi connectivity index (χ0v) is 7.97. The largest absolute Gasteiger partial charge is 0.507 e. The zero-order chi connectivity index (χ0) is 9.42. The lowest BCUT2D eigenvalue weighted by molar-refractivity contribution is 0.481. The Morgan fingerprint density at radius 3 is 2.69 bits per heavy atom. The Hall–Kier alpha value is -0.990. The molecule has 0 aliphatic heterocycles. The van der Waals surface area contributed by atoms with Crippen molar-refractivity contribution in [3.63, 3.8) is 0 Å². The second kappa shape index (κ2) is 3.05. The first-order valence-electron chi connectivity index (χ1n) is 3.62. The van der Waals surface area contributed by atoms with Crippen molar-refractivity contribution < 1.29 is 5.11 Å². The molecule has 2 nitrogen and oxygen atoms in total. The molecule has 66 valence electrons.